The minimum absolute atomic E-state index is 0.153. The lowest BCUT2D eigenvalue weighted by molar-refractivity contribution is 0.314. The van der Waals surface area contributed by atoms with Crippen LogP contribution < -0.4 is 10.6 Å². The van der Waals surface area contributed by atoms with Gasteiger partial charge in [-0.05, 0) is 41.4 Å². The first kappa shape index (κ1) is 16.0. The average molecular weight is 346 g/mol. The van der Waals surface area contributed by atoms with E-state index < -0.39 is 0 Å². The second kappa shape index (κ2) is 7.18. The molecule has 0 aliphatic rings. The first-order valence-electron chi connectivity index (χ1n) is 8.41. The molecule has 0 aliphatic carbocycles. The van der Waals surface area contributed by atoms with Gasteiger partial charge in [-0.25, -0.2) is 14.6 Å². The van der Waals surface area contributed by atoms with Gasteiger partial charge >= 0.3 is 0 Å². The molecule has 0 fully saturated rings. The van der Waals surface area contributed by atoms with Crippen molar-refractivity contribution in [1.82, 2.24) is 20.3 Å². The molecule has 2 aromatic carbocycles. The molecule has 1 unspecified atom stereocenters. The van der Waals surface area contributed by atoms with Gasteiger partial charge in [0.2, 0.25) is 11.3 Å². The molecule has 0 saturated heterocycles. The van der Waals surface area contributed by atoms with Crippen LogP contribution in [0.2, 0.25) is 0 Å². The van der Waals surface area contributed by atoms with Gasteiger partial charge in [-0.3, -0.25) is 0 Å². The van der Waals surface area contributed by atoms with Crippen molar-refractivity contribution in [2.75, 3.05) is 10.6 Å². The number of rotatable bonds is 6. The number of para-hydroxylation sites is 1. The van der Waals surface area contributed by atoms with Crippen LogP contribution in [0.25, 0.3) is 11.3 Å². The Morgan fingerprint density at radius 2 is 1.46 bits per heavy atom. The average Bonchev–Trinajstić information content (AvgIpc) is 3.11. The second-order valence-electron chi connectivity index (χ2n) is 6.06. The van der Waals surface area contributed by atoms with E-state index in [-0.39, 0.29) is 6.04 Å². The van der Waals surface area contributed by atoms with Crippen LogP contribution in [0, 0.1) is 0 Å². The molecular formula is C19H18N6O. The van der Waals surface area contributed by atoms with Crippen LogP contribution >= 0.6 is 0 Å². The van der Waals surface area contributed by atoms with Crippen molar-refractivity contribution in [3.8, 4) is 0 Å². The summed E-state index contributed by atoms with van der Waals surface area (Å²) in [4.78, 5) is 9.00. The van der Waals surface area contributed by atoms with Crippen LogP contribution in [-0.4, -0.2) is 26.3 Å². The molecule has 7 nitrogen and oxygen atoms in total. The highest BCUT2D eigenvalue weighted by atomic mass is 16.6. The van der Waals surface area contributed by atoms with Crippen LogP contribution in [-0.2, 0) is 6.42 Å². The number of nitrogens with zero attached hydrogens (tertiary/aromatic N) is 4. The molecule has 0 saturated carbocycles. The number of benzene rings is 2. The van der Waals surface area contributed by atoms with Crippen molar-refractivity contribution < 1.29 is 4.63 Å². The third-order valence-electron chi connectivity index (χ3n) is 3.92. The number of aromatic nitrogens is 4. The van der Waals surface area contributed by atoms with E-state index in [2.05, 4.69) is 50.0 Å². The molecule has 1 atom stereocenters. The maximum atomic E-state index is 4.75. The molecule has 2 heterocycles. The zero-order chi connectivity index (χ0) is 17.8. The number of anilines is 3. The van der Waals surface area contributed by atoms with Gasteiger partial charge in [0.1, 0.15) is 0 Å². The second-order valence-corrected chi connectivity index (χ2v) is 6.06. The van der Waals surface area contributed by atoms with E-state index in [0.717, 1.165) is 12.1 Å². The van der Waals surface area contributed by atoms with Gasteiger partial charge in [0.25, 0.3) is 0 Å². The van der Waals surface area contributed by atoms with E-state index in [0.29, 0.717) is 22.9 Å². The van der Waals surface area contributed by atoms with Gasteiger partial charge in [0.15, 0.2) is 11.6 Å². The predicted octanol–water partition coefficient (Wildman–Crippen LogP) is 3.80. The van der Waals surface area contributed by atoms with E-state index in [1.54, 1.807) is 0 Å². The van der Waals surface area contributed by atoms with Crippen LogP contribution in [0.4, 0.5) is 17.3 Å². The summed E-state index contributed by atoms with van der Waals surface area (Å²) in [5.74, 6) is 1.19. The summed E-state index contributed by atoms with van der Waals surface area (Å²) in [5, 5.41) is 14.3. The number of hydrogen-bond donors (Lipinski definition) is 2. The maximum Gasteiger partial charge on any atom is 0.245 e. The van der Waals surface area contributed by atoms with Crippen molar-refractivity contribution in [3.05, 3.63) is 66.2 Å². The monoisotopic (exact) mass is 346 g/mol. The smallest absolute Gasteiger partial charge is 0.245 e. The molecule has 0 bridgehead atoms. The summed E-state index contributed by atoms with van der Waals surface area (Å²) in [6, 6.07) is 20.3. The Labute approximate surface area is 150 Å². The summed E-state index contributed by atoms with van der Waals surface area (Å²) in [7, 11) is 0. The van der Waals surface area contributed by atoms with Gasteiger partial charge < -0.3 is 10.6 Å². The van der Waals surface area contributed by atoms with Gasteiger partial charge in [0.05, 0.1) is 0 Å². The molecule has 2 aromatic heterocycles. The van der Waals surface area contributed by atoms with Gasteiger partial charge in [0, 0.05) is 11.7 Å². The fraction of sp³-hybridized carbons (Fsp3) is 0.158. The Hall–Kier alpha value is -3.48. The minimum atomic E-state index is 0.153. The van der Waals surface area contributed by atoms with Crippen molar-refractivity contribution in [2.45, 2.75) is 19.4 Å². The van der Waals surface area contributed by atoms with Gasteiger partial charge in [-0.15, -0.1) is 0 Å². The number of hydrogen-bond acceptors (Lipinski definition) is 7. The summed E-state index contributed by atoms with van der Waals surface area (Å²) in [6.45, 7) is 2.10. The molecule has 0 amide bonds. The molecule has 0 radical (unpaired) electrons. The number of nitrogens with one attached hydrogen (secondary N) is 2. The third kappa shape index (κ3) is 3.61. The molecule has 7 heteroatoms. The van der Waals surface area contributed by atoms with Crippen LogP contribution in [0.1, 0.15) is 12.5 Å². The Kier molecular flexibility index (Phi) is 4.42. The summed E-state index contributed by atoms with van der Waals surface area (Å²) in [5.41, 5.74) is 2.90. The standard InChI is InChI=1S/C19H18N6O/c1-13(12-14-8-4-2-5-9-14)20-16-17(21-15-10-6-3-7-11-15)23-19-18(22-16)24-26-25-19/h2-11,13H,12H2,1H3,(H,20,22,24)(H,21,23,25). The third-order valence-corrected chi connectivity index (χ3v) is 3.92. The quantitative estimate of drug-likeness (QED) is 0.549. The van der Waals surface area contributed by atoms with E-state index in [9.17, 15) is 0 Å². The molecule has 4 aromatic rings. The lowest BCUT2D eigenvalue weighted by Gasteiger charge is -2.17. The Morgan fingerprint density at radius 3 is 2.15 bits per heavy atom. The van der Waals surface area contributed by atoms with Crippen LogP contribution in [0.15, 0.2) is 65.3 Å². The van der Waals surface area contributed by atoms with Crippen molar-refractivity contribution in [3.63, 3.8) is 0 Å². The van der Waals surface area contributed by atoms with E-state index in [1.165, 1.54) is 5.56 Å². The van der Waals surface area contributed by atoms with Gasteiger partial charge in [-0.2, -0.15) is 0 Å². The first-order valence-corrected chi connectivity index (χ1v) is 8.41. The molecule has 0 aliphatic heterocycles. The SMILES string of the molecule is CC(Cc1ccccc1)Nc1nc2nonc2nc1Nc1ccccc1. The lowest BCUT2D eigenvalue weighted by Crippen LogP contribution is -2.20. The highest BCUT2D eigenvalue weighted by Gasteiger charge is 2.15. The largest absolute Gasteiger partial charge is 0.364 e. The summed E-state index contributed by atoms with van der Waals surface area (Å²) < 4.78 is 4.75. The van der Waals surface area contributed by atoms with Gasteiger partial charge in [-0.1, -0.05) is 48.5 Å². The fourth-order valence-corrected chi connectivity index (χ4v) is 2.74. The van der Waals surface area contributed by atoms with E-state index in [1.807, 2.05) is 48.5 Å². The summed E-state index contributed by atoms with van der Waals surface area (Å²) >= 11 is 0. The highest BCUT2D eigenvalue weighted by molar-refractivity contribution is 5.76. The highest BCUT2D eigenvalue weighted by Crippen LogP contribution is 2.24. The molecule has 130 valence electrons. The molecular weight excluding hydrogens is 328 g/mol. The molecule has 2 N–H and O–H groups in total. The normalized spacial score (nSPS) is 12.0. The first-order chi connectivity index (χ1) is 12.8. The van der Waals surface area contributed by atoms with E-state index >= 15 is 0 Å². The summed E-state index contributed by atoms with van der Waals surface area (Å²) in [6.07, 6.45) is 0.863. The fourth-order valence-electron chi connectivity index (χ4n) is 2.74. The minimum Gasteiger partial charge on any atom is -0.364 e. The molecule has 26 heavy (non-hydrogen) atoms. The maximum absolute atomic E-state index is 4.75. The molecule has 0 spiro atoms. The van der Waals surface area contributed by atoms with E-state index in [4.69, 9.17) is 4.63 Å². The van der Waals surface area contributed by atoms with Crippen molar-refractivity contribution in [2.24, 2.45) is 0 Å². The zero-order valence-corrected chi connectivity index (χ0v) is 14.3. The zero-order valence-electron chi connectivity index (χ0n) is 14.3. The van der Waals surface area contributed by atoms with Crippen LogP contribution in [0.3, 0.4) is 0 Å². The Morgan fingerprint density at radius 1 is 0.846 bits per heavy atom. The number of fused-ring (bicyclic) bond motifs is 1. The topological polar surface area (TPSA) is 88.8 Å². The van der Waals surface area contributed by atoms with Crippen molar-refractivity contribution in [1.29, 1.82) is 0 Å². The Bertz CT molecular complexity index is 987. The predicted molar refractivity (Wildman–Crippen MR) is 100 cm³/mol. The molecule has 4 rings (SSSR count). The van der Waals surface area contributed by atoms with Crippen LogP contribution in [0.5, 0.6) is 0 Å². The van der Waals surface area contributed by atoms with Crippen molar-refractivity contribution >= 4 is 28.6 Å². The Balaban J connectivity index is 1.60. The lowest BCUT2D eigenvalue weighted by atomic mass is 10.1.